The molecule has 0 aliphatic carbocycles. The predicted molar refractivity (Wildman–Crippen MR) is 29.7 cm³/mol. The molecular weight excluding hydrogens is 91.1 g/mol. The molecule has 0 radical (unpaired) electrons. The van der Waals surface area contributed by atoms with E-state index in [2.05, 4.69) is 6.58 Å². The van der Waals surface area contributed by atoms with Crippen LogP contribution in [0.15, 0.2) is 24.1 Å². The Labute approximate surface area is 43.4 Å². The molecule has 40 valence electrons. The molecule has 0 aromatic carbocycles. The van der Waals surface area contributed by atoms with Crippen LogP contribution in [0.2, 0.25) is 0 Å². The summed E-state index contributed by atoms with van der Waals surface area (Å²) in [7, 11) is 0. The second-order valence-electron chi connectivity index (χ2n) is 1.55. The van der Waals surface area contributed by atoms with E-state index in [0.29, 0.717) is 5.57 Å². The zero-order chi connectivity index (χ0) is 5.86. The summed E-state index contributed by atoms with van der Waals surface area (Å²) >= 11 is 0. The lowest BCUT2D eigenvalue weighted by Crippen LogP contribution is -1.67. The summed E-state index contributed by atoms with van der Waals surface area (Å²) < 4.78 is 12.0. The molecule has 0 aromatic rings. The molecule has 0 aliphatic rings. The van der Waals surface area contributed by atoms with Crippen LogP contribution in [0.4, 0.5) is 4.39 Å². The van der Waals surface area contributed by atoms with Gasteiger partial charge in [0.1, 0.15) is 5.83 Å². The quantitative estimate of drug-likeness (QED) is 0.444. The van der Waals surface area contributed by atoms with Crippen molar-refractivity contribution in [1.82, 2.24) is 0 Å². The van der Waals surface area contributed by atoms with Crippen molar-refractivity contribution in [3.05, 3.63) is 24.1 Å². The van der Waals surface area contributed by atoms with Gasteiger partial charge in [-0.05, 0) is 25.5 Å². The number of halogens is 1. The Morgan fingerprint density at radius 3 is 2.00 bits per heavy atom. The molecule has 0 saturated carbocycles. The van der Waals surface area contributed by atoms with E-state index in [1.165, 1.54) is 6.08 Å². The van der Waals surface area contributed by atoms with Crippen LogP contribution in [0.3, 0.4) is 0 Å². The van der Waals surface area contributed by atoms with Crippen LogP contribution in [0.25, 0.3) is 0 Å². The summed E-state index contributed by atoms with van der Waals surface area (Å²) in [5.41, 5.74) is 0.676. The SMILES string of the molecule is C=CC(F)=C(C)C. The third kappa shape index (κ3) is 2.15. The first-order valence-electron chi connectivity index (χ1n) is 2.14. The van der Waals surface area contributed by atoms with Gasteiger partial charge in [0, 0.05) is 0 Å². The van der Waals surface area contributed by atoms with Crippen LogP contribution >= 0.6 is 0 Å². The zero-order valence-electron chi connectivity index (χ0n) is 4.66. The molecule has 7 heavy (non-hydrogen) atoms. The second-order valence-corrected chi connectivity index (χ2v) is 1.55. The van der Waals surface area contributed by atoms with E-state index in [-0.39, 0.29) is 5.83 Å². The highest BCUT2D eigenvalue weighted by Gasteiger charge is 1.84. The highest BCUT2D eigenvalue weighted by atomic mass is 19.1. The van der Waals surface area contributed by atoms with Gasteiger partial charge in [-0.3, -0.25) is 0 Å². The summed E-state index contributed by atoms with van der Waals surface area (Å²) in [5, 5.41) is 0. The lowest BCUT2D eigenvalue weighted by Gasteiger charge is -1.85. The van der Waals surface area contributed by atoms with Gasteiger partial charge in [-0.1, -0.05) is 6.58 Å². The third-order valence-electron chi connectivity index (χ3n) is 0.657. The van der Waals surface area contributed by atoms with Gasteiger partial charge in [-0.25, -0.2) is 4.39 Å². The average Bonchev–Trinajstić information content (AvgIpc) is 1.65. The predicted octanol–water partition coefficient (Wildman–Crippen LogP) is 2.44. The third-order valence-corrected chi connectivity index (χ3v) is 0.657. The van der Waals surface area contributed by atoms with Crippen molar-refractivity contribution in [1.29, 1.82) is 0 Å². The molecule has 0 nitrogen and oxygen atoms in total. The Morgan fingerprint density at radius 1 is 1.57 bits per heavy atom. The largest absolute Gasteiger partial charge is 0.207 e. The van der Waals surface area contributed by atoms with Crippen molar-refractivity contribution in [3.63, 3.8) is 0 Å². The van der Waals surface area contributed by atoms with E-state index >= 15 is 0 Å². The number of hydrogen-bond donors (Lipinski definition) is 0. The smallest absolute Gasteiger partial charge is 0.121 e. The Morgan fingerprint density at radius 2 is 2.00 bits per heavy atom. The molecule has 0 bridgehead atoms. The minimum Gasteiger partial charge on any atom is -0.207 e. The monoisotopic (exact) mass is 100 g/mol. The molecule has 0 spiro atoms. The van der Waals surface area contributed by atoms with E-state index in [1.807, 2.05) is 0 Å². The zero-order valence-corrected chi connectivity index (χ0v) is 4.66. The first kappa shape index (κ1) is 6.41. The molecule has 0 unspecified atom stereocenters. The number of hydrogen-bond acceptors (Lipinski definition) is 0. The van der Waals surface area contributed by atoms with Crippen molar-refractivity contribution in [2.45, 2.75) is 13.8 Å². The summed E-state index contributed by atoms with van der Waals surface area (Å²) in [6, 6.07) is 0. The van der Waals surface area contributed by atoms with Gasteiger partial charge in [0.25, 0.3) is 0 Å². The standard InChI is InChI=1S/C6H9F/c1-4-6(7)5(2)3/h4H,1H2,2-3H3. The maximum Gasteiger partial charge on any atom is 0.121 e. The Hall–Kier alpha value is -0.590. The van der Waals surface area contributed by atoms with E-state index in [4.69, 9.17) is 0 Å². The topological polar surface area (TPSA) is 0 Å². The van der Waals surface area contributed by atoms with Crippen LogP contribution in [0, 0.1) is 0 Å². The molecule has 0 fully saturated rings. The van der Waals surface area contributed by atoms with E-state index in [0.717, 1.165) is 0 Å². The summed E-state index contributed by atoms with van der Waals surface area (Å²) in [6.45, 7) is 6.66. The Balaban J connectivity index is 3.98. The Kier molecular flexibility index (Phi) is 2.34. The molecule has 0 atom stereocenters. The fourth-order valence-electron chi connectivity index (χ4n) is 0.204. The van der Waals surface area contributed by atoms with Gasteiger partial charge in [0.15, 0.2) is 0 Å². The van der Waals surface area contributed by atoms with Crippen LogP contribution in [0.5, 0.6) is 0 Å². The van der Waals surface area contributed by atoms with Crippen molar-refractivity contribution in [2.24, 2.45) is 0 Å². The molecular formula is C6H9F. The lowest BCUT2D eigenvalue weighted by atomic mass is 10.3. The van der Waals surface area contributed by atoms with Crippen molar-refractivity contribution >= 4 is 0 Å². The molecule has 0 rings (SSSR count). The summed E-state index contributed by atoms with van der Waals surface area (Å²) in [4.78, 5) is 0. The van der Waals surface area contributed by atoms with Crippen LogP contribution in [0.1, 0.15) is 13.8 Å². The molecule has 0 amide bonds. The lowest BCUT2D eigenvalue weighted by molar-refractivity contribution is 0.655. The molecule has 0 N–H and O–H groups in total. The van der Waals surface area contributed by atoms with Gasteiger partial charge >= 0.3 is 0 Å². The van der Waals surface area contributed by atoms with Crippen LogP contribution in [-0.4, -0.2) is 0 Å². The average molecular weight is 100 g/mol. The highest BCUT2D eigenvalue weighted by Crippen LogP contribution is 2.03. The summed E-state index contributed by atoms with van der Waals surface area (Å²) in [5.74, 6) is -0.222. The van der Waals surface area contributed by atoms with E-state index in [9.17, 15) is 4.39 Å². The first-order chi connectivity index (χ1) is 3.18. The van der Waals surface area contributed by atoms with Gasteiger partial charge in [-0.2, -0.15) is 0 Å². The summed E-state index contributed by atoms with van der Waals surface area (Å²) in [6.07, 6.45) is 1.20. The molecule has 1 heteroatoms. The number of rotatable bonds is 1. The fraction of sp³-hybridized carbons (Fsp3) is 0.333. The van der Waals surface area contributed by atoms with Gasteiger partial charge in [0.05, 0.1) is 0 Å². The van der Waals surface area contributed by atoms with E-state index in [1.54, 1.807) is 13.8 Å². The first-order valence-corrected chi connectivity index (χ1v) is 2.14. The van der Waals surface area contributed by atoms with Crippen molar-refractivity contribution in [2.75, 3.05) is 0 Å². The minimum atomic E-state index is -0.222. The molecule has 0 aromatic heterocycles. The van der Waals surface area contributed by atoms with Crippen molar-refractivity contribution in [3.8, 4) is 0 Å². The number of allylic oxidation sites excluding steroid dienone is 3. The fourth-order valence-corrected chi connectivity index (χ4v) is 0.204. The minimum absolute atomic E-state index is 0.222. The van der Waals surface area contributed by atoms with Gasteiger partial charge < -0.3 is 0 Å². The molecule has 0 heterocycles. The second kappa shape index (κ2) is 2.56. The Bertz CT molecular complexity index is 96.7. The maximum absolute atomic E-state index is 12.0. The van der Waals surface area contributed by atoms with E-state index < -0.39 is 0 Å². The van der Waals surface area contributed by atoms with Gasteiger partial charge in [0.2, 0.25) is 0 Å². The highest BCUT2D eigenvalue weighted by molar-refractivity contribution is 5.13. The van der Waals surface area contributed by atoms with Crippen molar-refractivity contribution < 1.29 is 4.39 Å². The van der Waals surface area contributed by atoms with Crippen LogP contribution in [-0.2, 0) is 0 Å². The van der Waals surface area contributed by atoms with Gasteiger partial charge in [-0.15, -0.1) is 0 Å². The maximum atomic E-state index is 12.0. The van der Waals surface area contributed by atoms with Crippen LogP contribution < -0.4 is 0 Å². The molecule has 0 saturated heterocycles. The normalized spacial score (nSPS) is 7.86. The molecule has 0 aliphatic heterocycles.